The summed E-state index contributed by atoms with van der Waals surface area (Å²) in [7, 11) is 2.92. The largest absolute Gasteiger partial charge is 0.137 e. The standard InChI is InChI=1S/C11H25P/c1-4-7-8-11(9-12)10(5-2)6-3/h10-11H,4-9,12H2,1-3H3. The Morgan fingerprint density at radius 2 is 1.58 bits per heavy atom. The summed E-state index contributed by atoms with van der Waals surface area (Å²) in [5, 5.41) is 0. The molecule has 74 valence electrons. The molecule has 0 N–H and O–H groups in total. The van der Waals surface area contributed by atoms with Gasteiger partial charge < -0.3 is 0 Å². The van der Waals surface area contributed by atoms with Crippen molar-refractivity contribution >= 4 is 9.24 Å². The summed E-state index contributed by atoms with van der Waals surface area (Å²) >= 11 is 0. The van der Waals surface area contributed by atoms with E-state index in [4.69, 9.17) is 0 Å². The number of rotatable bonds is 7. The smallest absolute Gasteiger partial charge is 0.0350 e. The molecule has 0 spiro atoms. The van der Waals surface area contributed by atoms with Crippen LogP contribution in [0.5, 0.6) is 0 Å². The van der Waals surface area contributed by atoms with Crippen molar-refractivity contribution in [3.05, 3.63) is 0 Å². The van der Waals surface area contributed by atoms with Gasteiger partial charge in [-0.3, -0.25) is 0 Å². The lowest BCUT2D eigenvalue weighted by atomic mass is 9.86. The lowest BCUT2D eigenvalue weighted by molar-refractivity contribution is 0.317. The Balaban J connectivity index is 3.75. The summed E-state index contributed by atoms with van der Waals surface area (Å²) < 4.78 is 0. The third-order valence-electron chi connectivity index (χ3n) is 2.95. The van der Waals surface area contributed by atoms with E-state index >= 15 is 0 Å². The van der Waals surface area contributed by atoms with E-state index < -0.39 is 0 Å². The molecule has 0 amide bonds. The van der Waals surface area contributed by atoms with Crippen molar-refractivity contribution in [1.82, 2.24) is 0 Å². The molecular formula is C11H25P. The lowest BCUT2D eigenvalue weighted by Crippen LogP contribution is -2.14. The van der Waals surface area contributed by atoms with Crippen LogP contribution in [0.15, 0.2) is 0 Å². The molecule has 0 radical (unpaired) electrons. The first-order valence-corrected chi connectivity index (χ1v) is 6.31. The van der Waals surface area contributed by atoms with Crippen LogP contribution in [0.4, 0.5) is 0 Å². The molecule has 0 saturated heterocycles. The Kier molecular flexibility index (Phi) is 8.34. The highest BCUT2D eigenvalue weighted by atomic mass is 31.0. The number of hydrogen-bond donors (Lipinski definition) is 0. The Morgan fingerprint density at radius 1 is 1.00 bits per heavy atom. The zero-order valence-corrected chi connectivity index (χ0v) is 10.1. The van der Waals surface area contributed by atoms with Crippen molar-refractivity contribution in [3.8, 4) is 0 Å². The van der Waals surface area contributed by atoms with E-state index in [1.54, 1.807) is 0 Å². The normalized spacial score (nSPS) is 13.8. The summed E-state index contributed by atoms with van der Waals surface area (Å²) in [6, 6.07) is 0. The maximum Gasteiger partial charge on any atom is -0.0350 e. The van der Waals surface area contributed by atoms with Gasteiger partial charge in [-0.15, -0.1) is 9.24 Å². The number of unbranched alkanes of at least 4 members (excludes halogenated alkanes) is 1. The third kappa shape index (κ3) is 4.45. The van der Waals surface area contributed by atoms with Gasteiger partial charge in [-0.2, -0.15) is 0 Å². The van der Waals surface area contributed by atoms with E-state index in [2.05, 4.69) is 30.0 Å². The summed E-state index contributed by atoms with van der Waals surface area (Å²) in [4.78, 5) is 0. The van der Waals surface area contributed by atoms with Crippen LogP contribution >= 0.6 is 9.24 Å². The first-order valence-electron chi connectivity index (χ1n) is 5.50. The van der Waals surface area contributed by atoms with Crippen molar-refractivity contribution in [2.45, 2.75) is 52.9 Å². The molecule has 0 heterocycles. The van der Waals surface area contributed by atoms with Gasteiger partial charge >= 0.3 is 0 Å². The van der Waals surface area contributed by atoms with E-state index in [1.165, 1.54) is 38.3 Å². The molecule has 1 heteroatoms. The Labute approximate surface area is 80.7 Å². The molecule has 0 aromatic carbocycles. The van der Waals surface area contributed by atoms with Gasteiger partial charge in [0.05, 0.1) is 0 Å². The second-order valence-electron chi connectivity index (χ2n) is 3.71. The van der Waals surface area contributed by atoms with Crippen LogP contribution in [0.3, 0.4) is 0 Å². The zero-order valence-electron chi connectivity index (χ0n) is 8.97. The van der Waals surface area contributed by atoms with Crippen molar-refractivity contribution in [2.24, 2.45) is 11.8 Å². The third-order valence-corrected chi connectivity index (χ3v) is 3.55. The van der Waals surface area contributed by atoms with Crippen LogP contribution in [-0.2, 0) is 0 Å². The van der Waals surface area contributed by atoms with Gasteiger partial charge in [-0.05, 0) is 24.4 Å². The minimum atomic E-state index is 0.963. The molecule has 0 aromatic heterocycles. The first-order chi connectivity index (χ1) is 5.79. The minimum Gasteiger partial charge on any atom is -0.137 e. The molecular weight excluding hydrogens is 163 g/mol. The molecule has 0 fully saturated rings. The molecule has 2 unspecified atom stereocenters. The van der Waals surface area contributed by atoms with E-state index in [0.717, 1.165) is 11.8 Å². The molecule has 0 aliphatic rings. The van der Waals surface area contributed by atoms with Crippen molar-refractivity contribution in [2.75, 3.05) is 6.16 Å². The van der Waals surface area contributed by atoms with E-state index in [1.807, 2.05) is 0 Å². The molecule has 0 nitrogen and oxygen atoms in total. The molecule has 0 aliphatic heterocycles. The maximum absolute atomic E-state index is 2.92. The monoisotopic (exact) mass is 188 g/mol. The average molecular weight is 188 g/mol. The Bertz CT molecular complexity index is 87.0. The topological polar surface area (TPSA) is 0 Å². The van der Waals surface area contributed by atoms with E-state index in [9.17, 15) is 0 Å². The van der Waals surface area contributed by atoms with E-state index in [0.29, 0.717) is 0 Å². The molecule has 0 rings (SSSR count). The van der Waals surface area contributed by atoms with Crippen LogP contribution in [-0.4, -0.2) is 6.16 Å². The van der Waals surface area contributed by atoms with Gasteiger partial charge in [0.25, 0.3) is 0 Å². The van der Waals surface area contributed by atoms with Crippen molar-refractivity contribution in [1.29, 1.82) is 0 Å². The fourth-order valence-electron chi connectivity index (χ4n) is 1.97. The van der Waals surface area contributed by atoms with Crippen LogP contribution in [0, 0.1) is 11.8 Å². The first kappa shape index (κ1) is 12.4. The summed E-state index contributed by atoms with van der Waals surface area (Å²) in [6.45, 7) is 6.94. The summed E-state index contributed by atoms with van der Waals surface area (Å²) in [5.41, 5.74) is 0. The fourth-order valence-corrected chi connectivity index (χ4v) is 2.59. The summed E-state index contributed by atoms with van der Waals surface area (Å²) in [6.07, 6.45) is 8.22. The molecule has 2 atom stereocenters. The Morgan fingerprint density at radius 3 is 1.92 bits per heavy atom. The van der Waals surface area contributed by atoms with Gasteiger partial charge in [0.15, 0.2) is 0 Å². The van der Waals surface area contributed by atoms with Crippen LogP contribution in [0.2, 0.25) is 0 Å². The predicted octanol–water partition coefficient (Wildman–Crippen LogP) is 4.10. The molecule has 0 aliphatic carbocycles. The second kappa shape index (κ2) is 8.05. The van der Waals surface area contributed by atoms with Crippen LogP contribution in [0.25, 0.3) is 0 Å². The van der Waals surface area contributed by atoms with Gasteiger partial charge in [0.2, 0.25) is 0 Å². The van der Waals surface area contributed by atoms with Crippen molar-refractivity contribution < 1.29 is 0 Å². The zero-order chi connectivity index (χ0) is 9.40. The van der Waals surface area contributed by atoms with Gasteiger partial charge in [0.1, 0.15) is 0 Å². The van der Waals surface area contributed by atoms with Gasteiger partial charge in [-0.1, -0.05) is 46.5 Å². The molecule has 0 saturated carbocycles. The van der Waals surface area contributed by atoms with Crippen LogP contribution in [0.1, 0.15) is 52.9 Å². The Hall–Kier alpha value is 0.430. The highest BCUT2D eigenvalue weighted by Gasteiger charge is 2.15. The molecule has 0 aromatic rings. The highest BCUT2D eigenvalue weighted by Crippen LogP contribution is 2.26. The second-order valence-corrected chi connectivity index (χ2v) is 4.19. The predicted molar refractivity (Wildman–Crippen MR) is 61.7 cm³/mol. The SMILES string of the molecule is CCCCC(CP)C(CC)CC. The van der Waals surface area contributed by atoms with Gasteiger partial charge in [0, 0.05) is 0 Å². The lowest BCUT2D eigenvalue weighted by Gasteiger charge is -2.23. The molecule has 12 heavy (non-hydrogen) atoms. The number of hydrogen-bond acceptors (Lipinski definition) is 0. The quantitative estimate of drug-likeness (QED) is 0.527. The van der Waals surface area contributed by atoms with Crippen molar-refractivity contribution in [3.63, 3.8) is 0 Å². The highest BCUT2D eigenvalue weighted by molar-refractivity contribution is 7.16. The summed E-state index contributed by atoms with van der Waals surface area (Å²) in [5.74, 6) is 1.93. The van der Waals surface area contributed by atoms with E-state index in [-0.39, 0.29) is 0 Å². The van der Waals surface area contributed by atoms with Gasteiger partial charge in [-0.25, -0.2) is 0 Å². The molecule has 0 bridgehead atoms. The fraction of sp³-hybridized carbons (Fsp3) is 1.00. The average Bonchev–Trinajstić information content (AvgIpc) is 2.12. The van der Waals surface area contributed by atoms with Crippen LogP contribution < -0.4 is 0 Å². The minimum absolute atomic E-state index is 0.963. The maximum atomic E-state index is 2.92.